The second-order valence-electron chi connectivity index (χ2n) is 4.08. The molecule has 0 bridgehead atoms. The number of nitrogens with zero attached hydrogens (tertiary/aromatic N) is 1. The highest BCUT2D eigenvalue weighted by molar-refractivity contribution is 7.81. The van der Waals surface area contributed by atoms with Crippen molar-refractivity contribution in [3.05, 3.63) is 45.9 Å². The van der Waals surface area contributed by atoms with E-state index < -0.39 is 0 Å². The molecule has 5 heteroatoms. The van der Waals surface area contributed by atoms with Crippen LogP contribution < -0.4 is 10.5 Å². The van der Waals surface area contributed by atoms with Gasteiger partial charge in [-0.15, -0.1) is 11.3 Å². The summed E-state index contributed by atoms with van der Waals surface area (Å²) in [4.78, 5) is 5.53. The fourth-order valence-corrected chi connectivity index (χ4v) is 2.55. The fourth-order valence-electron chi connectivity index (χ4n) is 1.62. The molecule has 2 rings (SSSR count). The second kappa shape index (κ2) is 6.63. The molecule has 0 radical (unpaired) electrons. The Bertz CT molecular complexity index is 549. The van der Waals surface area contributed by atoms with E-state index in [4.69, 9.17) is 22.7 Å². The molecule has 0 spiro atoms. The number of aromatic nitrogens is 1. The van der Waals surface area contributed by atoms with Crippen LogP contribution in [0.15, 0.2) is 30.5 Å². The van der Waals surface area contributed by atoms with E-state index >= 15 is 0 Å². The van der Waals surface area contributed by atoms with Crippen LogP contribution in [0.25, 0.3) is 0 Å². The number of thiazole rings is 1. The molecule has 0 amide bonds. The molecule has 1 aromatic heterocycles. The smallest absolute Gasteiger partial charge is 0.119 e. The number of nitrogens with two attached hydrogens (primary N) is 1. The number of rotatable bonds is 6. The standard InChI is InChI=1S/C14H16N2OS2/c1-2-10-3-5-11(6-4-10)17-8-7-13-16-9-12(19-13)14(15)18/h3-6,9H,2,7-8H2,1H3,(H2,15,18). The molecular formula is C14H16N2OS2. The fraction of sp³-hybridized carbons (Fsp3) is 0.286. The van der Waals surface area contributed by atoms with E-state index in [-0.39, 0.29) is 0 Å². The van der Waals surface area contributed by atoms with Crippen LogP contribution in [0.1, 0.15) is 22.4 Å². The van der Waals surface area contributed by atoms with Gasteiger partial charge >= 0.3 is 0 Å². The molecule has 0 saturated heterocycles. The van der Waals surface area contributed by atoms with Crippen LogP contribution in [0.2, 0.25) is 0 Å². The lowest BCUT2D eigenvalue weighted by Crippen LogP contribution is -2.06. The minimum atomic E-state index is 0.403. The molecule has 19 heavy (non-hydrogen) atoms. The molecule has 0 fully saturated rings. The van der Waals surface area contributed by atoms with Crippen LogP contribution in [-0.4, -0.2) is 16.6 Å². The minimum Gasteiger partial charge on any atom is -0.493 e. The van der Waals surface area contributed by atoms with Crippen molar-refractivity contribution in [2.45, 2.75) is 19.8 Å². The zero-order valence-corrected chi connectivity index (χ0v) is 12.4. The maximum atomic E-state index is 5.68. The average Bonchev–Trinajstić information content (AvgIpc) is 2.89. The first kappa shape index (κ1) is 14.0. The van der Waals surface area contributed by atoms with Crippen LogP contribution >= 0.6 is 23.6 Å². The summed E-state index contributed by atoms with van der Waals surface area (Å²) < 4.78 is 5.68. The van der Waals surface area contributed by atoms with E-state index in [0.29, 0.717) is 11.6 Å². The van der Waals surface area contributed by atoms with Gasteiger partial charge in [0.2, 0.25) is 0 Å². The van der Waals surface area contributed by atoms with Crippen LogP contribution in [0.3, 0.4) is 0 Å². The Balaban J connectivity index is 1.83. The Morgan fingerprint density at radius 2 is 2.11 bits per heavy atom. The zero-order chi connectivity index (χ0) is 13.7. The Kier molecular flexibility index (Phi) is 4.87. The van der Waals surface area contributed by atoms with Gasteiger partial charge in [0.25, 0.3) is 0 Å². The molecule has 1 heterocycles. The minimum absolute atomic E-state index is 0.403. The topological polar surface area (TPSA) is 48.1 Å². The zero-order valence-electron chi connectivity index (χ0n) is 10.8. The summed E-state index contributed by atoms with van der Waals surface area (Å²) in [7, 11) is 0. The second-order valence-corrected chi connectivity index (χ2v) is 5.63. The van der Waals surface area contributed by atoms with E-state index in [9.17, 15) is 0 Å². The van der Waals surface area contributed by atoms with E-state index in [1.807, 2.05) is 12.1 Å². The van der Waals surface area contributed by atoms with Crippen molar-refractivity contribution in [2.24, 2.45) is 5.73 Å². The van der Waals surface area contributed by atoms with Gasteiger partial charge in [-0.25, -0.2) is 4.98 Å². The van der Waals surface area contributed by atoms with Gasteiger partial charge in [-0.1, -0.05) is 31.3 Å². The lowest BCUT2D eigenvalue weighted by molar-refractivity contribution is 0.321. The molecule has 0 aliphatic carbocycles. The van der Waals surface area contributed by atoms with Crippen molar-refractivity contribution >= 4 is 28.5 Å². The molecule has 0 unspecified atom stereocenters. The highest BCUT2D eigenvalue weighted by atomic mass is 32.1. The van der Waals surface area contributed by atoms with Gasteiger partial charge in [0.1, 0.15) is 10.7 Å². The van der Waals surface area contributed by atoms with Crippen molar-refractivity contribution < 1.29 is 4.74 Å². The van der Waals surface area contributed by atoms with Crippen LogP contribution in [-0.2, 0) is 12.8 Å². The summed E-state index contributed by atoms with van der Waals surface area (Å²) in [6, 6.07) is 8.18. The molecule has 100 valence electrons. The number of aryl methyl sites for hydroxylation is 1. The highest BCUT2D eigenvalue weighted by Gasteiger charge is 2.04. The van der Waals surface area contributed by atoms with Gasteiger partial charge in [0.15, 0.2) is 0 Å². The third kappa shape index (κ3) is 4.01. The third-order valence-corrected chi connectivity index (χ3v) is 4.15. The van der Waals surface area contributed by atoms with Gasteiger partial charge in [-0.05, 0) is 24.1 Å². The molecule has 0 saturated carbocycles. The molecule has 3 nitrogen and oxygen atoms in total. The van der Waals surface area contributed by atoms with Crippen molar-refractivity contribution in [3.8, 4) is 5.75 Å². The monoisotopic (exact) mass is 292 g/mol. The molecule has 0 aliphatic heterocycles. The maximum Gasteiger partial charge on any atom is 0.119 e. The van der Waals surface area contributed by atoms with Crippen LogP contribution in [0.4, 0.5) is 0 Å². The highest BCUT2D eigenvalue weighted by Crippen LogP contribution is 2.15. The molecule has 0 aliphatic rings. The van der Waals surface area contributed by atoms with Crippen LogP contribution in [0, 0.1) is 0 Å². The van der Waals surface area contributed by atoms with E-state index in [2.05, 4.69) is 24.0 Å². The van der Waals surface area contributed by atoms with E-state index in [1.54, 1.807) is 6.20 Å². The summed E-state index contributed by atoms with van der Waals surface area (Å²) in [5.41, 5.74) is 6.86. The summed E-state index contributed by atoms with van der Waals surface area (Å²) in [6.07, 6.45) is 3.53. The SMILES string of the molecule is CCc1ccc(OCCc2ncc(C(N)=S)s2)cc1. The Morgan fingerprint density at radius 1 is 1.37 bits per heavy atom. The van der Waals surface area contributed by atoms with Crippen molar-refractivity contribution in [2.75, 3.05) is 6.61 Å². The van der Waals surface area contributed by atoms with Gasteiger partial charge in [0.05, 0.1) is 16.5 Å². The Morgan fingerprint density at radius 3 is 2.68 bits per heavy atom. The molecule has 1 aromatic carbocycles. The molecule has 2 N–H and O–H groups in total. The quantitative estimate of drug-likeness (QED) is 0.832. The molecule has 0 atom stereocenters. The summed E-state index contributed by atoms with van der Waals surface area (Å²) in [6.45, 7) is 2.74. The number of hydrogen-bond acceptors (Lipinski definition) is 4. The molecular weight excluding hydrogens is 276 g/mol. The van der Waals surface area contributed by atoms with Gasteiger partial charge < -0.3 is 10.5 Å². The summed E-state index contributed by atoms with van der Waals surface area (Å²) in [5, 5.41) is 0.993. The lowest BCUT2D eigenvalue weighted by atomic mass is 10.2. The lowest BCUT2D eigenvalue weighted by Gasteiger charge is -2.05. The van der Waals surface area contributed by atoms with E-state index in [1.165, 1.54) is 16.9 Å². The average molecular weight is 292 g/mol. The van der Waals surface area contributed by atoms with Crippen molar-refractivity contribution in [3.63, 3.8) is 0 Å². The van der Waals surface area contributed by atoms with Gasteiger partial charge in [-0.3, -0.25) is 0 Å². The van der Waals surface area contributed by atoms with Gasteiger partial charge in [0, 0.05) is 12.6 Å². The normalized spacial score (nSPS) is 10.4. The third-order valence-electron chi connectivity index (χ3n) is 2.71. The predicted molar refractivity (Wildman–Crippen MR) is 83.0 cm³/mol. The Labute approximate surface area is 122 Å². The van der Waals surface area contributed by atoms with Gasteiger partial charge in [-0.2, -0.15) is 0 Å². The predicted octanol–water partition coefficient (Wildman–Crippen LogP) is 2.96. The maximum absolute atomic E-state index is 5.68. The number of ether oxygens (including phenoxy) is 1. The summed E-state index contributed by atoms with van der Waals surface area (Å²) >= 11 is 6.43. The first-order valence-corrected chi connectivity index (χ1v) is 7.37. The number of hydrogen-bond donors (Lipinski definition) is 1. The first-order valence-electron chi connectivity index (χ1n) is 6.15. The van der Waals surface area contributed by atoms with Crippen LogP contribution in [0.5, 0.6) is 5.75 Å². The molecule has 2 aromatic rings. The van der Waals surface area contributed by atoms with Crippen molar-refractivity contribution in [1.82, 2.24) is 4.98 Å². The Hall–Kier alpha value is -1.46. The number of thiocarbonyl (C=S) groups is 1. The first-order chi connectivity index (χ1) is 9.19. The summed E-state index contributed by atoms with van der Waals surface area (Å²) in [5.74, 6) is 0.892. The largest absolute Gasteiger partial charge is 0.493 e. The van der Waals surface area contributed by atoms with Crippen molar-refractivity contribution in [1.29, 1.82) is 0 Å². The van der Waals surface area contributed by atoms with E-state index in [0.717, 1.165) is 28.5 Å². The number of benzene rings is 1.